The molecule has 1 saturated carbocycles. The summed E-state index contributed by atoms with van der Waals surface area (Å²) in [7, 11) is 2.14. The zero-order chi connectivity index (χ0) is 14.5. The molecular weight excluding hydrogens is 316 g/mol. The van der Waals surface area contributed by atoms with E-state index in [-0.39, 0.29) is 5.91 Å². The Morgan fingerprint density at radius 1 is 1.35 bits per heavy atom. The highest BCUT2D eigenvalue weighted by atomic mass is 79.9. The number of rotatable bonds is 4. The second kappa shape index (κ2) is 7.23. The minimum Gasteiger partial charge on any atom is -0.327 e. The Balaban J connectivity index is 1.86. The summed E-state index contributed by atoms with van der Waals surface area (Å²) < 4.78 is 1.07. The Labute approximate surface area is 129 Å². The number of hydrogen-bond donors (Lipinski definition) is 2. The lowest BCUT2D eigenvalue weighted by atomic mass is 9.94. The zero-order valence-electron chi connectivity index (χ0n) is 12.3. The van der Waals surface area contributed by atoms with E-state index in [0.29, 0.717) is 12.6 Å². The third-order valence-electron chi connectivity index (χ3n) is 4.18. The average molecular weight is 340 g/mol. The monoisotopic (exact) mass is 339 g/mol. The molecule has 1 amide bonds. The number of carbonyl (C=O) groups excluding carboxylic acids is 1. The number of hydrogen-bond acceptors (Lipinski definition) is 1. The van der Waals surface area contributed by atoms with Crippen LogP contribution in [-0.2, 0) is 4.79 Å². The minimum absolute atomic E-state index is 0.106. The topological polar surface area (TPSA) is 33.5 Å². The molecule has 0 bridgehead atoms. The number of amides is 1. The number of nitrogens with one attached hydrogen (secondary N) is 2. The summed E-state index contributed by atoms with van der Waals surface area (Å²) in [5.41, 5.74) is 2.02. The van der Waals surface area contributed by atoms with E-state index in [0.717, 1.165) is 15.7 Å². The molecule has 1 fully saturated rings. The molecule has 110 valence electrons. The Morgan fingerprint density at radius 3 is 2.70 bits per heavy atom. The predicted molar refractivity (Wildman–Crippen MR) is 86.1 cm³/mol. The number of halogens is 1. The quantitative estimate of drug-likeness (QED) is 0.868. The number of anilines is 1. The first kappa shape index (κ1) is 15.5. The van der Waals surface area contributed by atoms with Gasteiger partial charge in [0.2, 0.25) is 0 Å². The molecule has 0 spiro atoms. The van der Waals surface area contributed by atoms with Crippen molar-refractivity contribution < 1.29 is 9.69 Å². The van der Waals surface area contributed by atoms with E-state index < -0.39 is 0 Å². The van der Waals surface area contributed by atoms with Crippen molar-refractivity contribution in [2.45, 2.75) is 45.1 Å². The molecule has 20 heavy (non-hydrogen) atoms. The fourth-order valence-electron chi connectivity index (χ4n) is 2.92. The van der Waals surface area contributed by atoms with E-state index in [2.05, 4.69) is 28.3 Å². The first-order chi connectivity index (χ1) is 9.56. The molecule has 0 aliphatic heterocycles. The van der Waals surface area contributed by atoms with Gasteiger partial charge in [-0.3, -0.25) is 4.79 Å². The third kappa shape index (κ3) is 4.32. The molecule has 2 rings (SSSR count). The summed E-state index contributed by atoms with van der Waals surface area (Å²) in [6.07, 6.45) is 6.51. The van der Waals surface area contributed by atoms with Crippen molar-refractivity contribution in [2.75, 3.05) is 18.9 Å². The SMILES string of the molecule is Cc1cc(NC(=O)C[NH+](C)C2CCCCC2)ccc1Br. The third-order valence-corrected chi connectivity index (χ3v) is 5.07. The molecule has 4 heteroatoms. The number of likely N-dealkylation sites (N-methyl/N-ethyl adjacent to an activating group) is 1. The van der Waals surface area contributed by atoms with Gasteiger partial charge in [0, 0.05) is 10.2 Å². The highest BCUT2D eigenvalue weighted by Gasteiger charge is 2.23. The average Bonchev–Trinajstić information content (AvgIpc) is 2.44. The van der Waals surface area contributed by atoms with Gasteiger partial charge in [-0.1, -0.05) is 22.4 Å². The summed E-state index contributed by atoms with van der Waals surface area (Å²) in [5.74, 6) is 0.106. The van der Waals surface area contributed by atoms with Crippen LogP contribution in [0.5, 0.6) is 0 Å². The van der Waals surface area contributed by atoms with Crippen molar-refractivity contribution in [1.29, 1.82) is 0 Å². The van der Waals surface area contributed by atoms with E-state index in [1.165, 1.54) is 37.0 Å². The summed E-state index contributed by atoms with van der Waals surface area (Å²) in [6, 6.07) is 6.56. The van der Waals surface area contributed by atoms with Crippen LogP contribution in [0.3, 0.4) is 0 Å². The fraction of sp³-hybridized carbons (Fsp3) is 0.562. The van der Waals surface area contributed by atoms with E-state index in [9.17, 15) is 4.79 Å². The van der Waals surface area contributed by atoms with Crippen LogP contribution in [0.4, 0.5) is 5.69 Å². The van der Waals surface area contributed by atoms with Crippen LogP contribution in [0.25, 0.3) is 0 Å². The van der Waals surface area contributed by atoms with Crippen LogP contribution in [0.15, 0.2) is 22.7 Å². The van der Waals surface area contributed by atoms with Gasteiger partial charge < -0.3 is 10.2 Å². The zero-order valence-corrected chi connectivity index (χ0v) is 13.9. The molecular formula is C16H24BrN2O+. The molecule has 0 heterocycles. The molecule has 1 aliphatic carbocycles. The van der Waals surface area contributed by atoms with Crippen LogP contribution in [-0.4, -0.2) is 25.5 Å². The Morgan fingerprint density at radius 2 is 2.05 bits per heavy atom. The molecule has 0 saturated heterocycles. The van der Waals surface area contributed by atoms with Crippen molar-refractivity contribution in [3.05, 3.63) is 28.2 Å². The van der Waals surface area contributed by atoms with E-state index in [1.807, 2.05) is 25.1 Å². The van der Waals surface area contributed by atoms with Gasteiger partial charge in [-0.25, -0.2) is 0 Å². The van der Waals surface area contributed by atoms with Gasteiger partial charge >= 0.3 is 0 Å². The van der Waals surface area contributed by atoms with Crippen LogP contribution in [0.2, 0.25) is 0 Å². The maximum atomic E-state index is 12.1. The standard InChI is InChI=1S/C16H23BrN2O/c1-12-10-13(8-9-15(12)17)18-16(20)11-19(2)14-6-4-3-5-7-14/h8-10,14H,3-7,11H2,1-2H3,(H,18,20)/p+1. The van der Waals surface area contributed by atoms with Crippen molar-refractivity contribution in [3.63, 3.8) is 0 Å². The van der Waals surface area contributed by atoms with Crippen LogP contribution in [0, 0.1) is 6.92 Å². The highest BCUT2D eigenvalue weighted by Crippen LogP contribution is 2.20. The van der Waals surface area contributed by atoms with Gasteiger partial charge in [0.1, 0.15) is 0 Å². The summed E-state index contributed by atoms with van der Waals surface area (Å²) in [5, 5.41) is 3.00. The lowest BCUT2D eigenvalue weighted by molar-refractivity contribution is -0.899. The lowest BCUT2D eigenvalue weighted by Gasteiger charge is -2.27. The van der Waals surface area contributed by atoms with Crippen molar-refractivity contribution in [3.8, 4) is 0 Å². The molecule has 1 atom stereocenters. The van der Waals surface area contributed by atoms with Gasteiger partial charge in [0.15, 0.2) is 6.54 Å². The smallest absolute Gasteiger partial charge is 0.279 e. The molecule has 0 radical (unpaired) electrons. The number of aryl methyl sites for hydroxylation is 1. The van der Waals surface area contributed by atoms with Gasteiger partial charge in [0.25, 0.3) is 5.91 Å². The fourth-order valence-corrected chi connectivity index (χ4v) is 3.17. The second-order valence-electron chi connectivity index (χ2n) is 5.87. The second-order valence-corrected chi connectivity index (χ2v) is 6.72. The predicted octanol–water partition coefficient (Wildman–Crippen LogP) is 2.54. The van der Waals surface area contributed by atoms with Crippen molar-refractivity contribution in [1.82, 2.24) is 0 Å². The van der Waals surface area contributed by atoms with Crippen LogP contribution in [0.1, 0.15) is 37.7 Å². The molecule has 3 nitrogen and oxygen atoms in total. The van der Waals surface area contributed by atoms with E-state index in [1.54, 1.807) is 0 Å². The maximum Gasteiger partial charge on any atom is 0.279 e. The van der Waals surface area contributed by atoms with Gasteiger partial charge in [0.05, 0.1) is 13.1 Å². The van der Waals surface area contributed by atoms with Gasteiger partial charge in [-0.15, -0.1) is 0 Å². The lowest BCUT2D eigenvalue weighted by Crippen LogP contribution is -3.14. The van der Waals surface area contributed by atoms with Gasteiger partial charge in [-0.2, -0.15) is 0 Å². The summed E-state index contributed by atoms with van der Waals surface area (Å²) >= 11 is 3.47. The van der Waals surface area contributed by atoms with Crippen LogP contribution < -0.4 is 10.2 Å². The number of benzene rings is 1. The van der Waals surface area contributed by atoms with Crippen molar-refractivity contribution in [2.24, 2.45) is 0 Å². The highest BCUT2D eigenvalue weighted by molar-refractivity contribution is 9.10. The minimum atomic E-state index is 0.106. The molecule has 0 aromatic heterocycles. The van der Waals surface area contributed by atoms with E-state index >= 15 is 0 Å². The molecule has 2 N–H and O–H groups in total. The Hall–Kier alpha value is -0.870. The Bertz CT molecular complexity index is 470. The summed E-state index contributed by atoms with van der Waals surface area (Å²) in [4.78, 5) is 13.5. The molecule has 1 aromatic carbocycles. The number of quaternary nitrogens is 1. The normalized spacial score (nSPS) is 17.8. The number of carbonyl (C=O) groups is 1. The first-order valence-corrected chi connectivity index (χ1v) is 8.24. The van der Waals surface area contributed by atoms with Crippen molar-refractivity contribution >= 4 is 27.5 Å². The largest absolute Gasteiger partial charge is 0.327 e. The Kier molecular flexibility index (Phi) is 5.61. The van der Waals surface area contributed by atoms with E-state index in [4.69, 9.17) is 0 Å². The van der Waals surface area contributed by atoms with Crippen LogP contribution >= 0.6 is 15.9 Å². The molecule has 1 unspecified atom stereocenters. The maximum absolute atomic E-state index is 12.1. The summed E-state index contributed by atoms with van der Waals surface area (Å²) in [6.45, 7) is 2.58. The molecule has 1 aromatic rings. The first-order valence-electron chi connectivity index (χ1n) is 7.44. The van der Waals surface area contributed by atoms with Gasteiger partial charge in [-0.05, 0) is 56.4 Å². The molecule has 1 aliphatic rings.